The summed E-state index contributed by atoms with van der Waals surface area (Å²) in [7, 11) is 1.50. The highest BCUT2D eigenvalue weighted by Crippen LogP contribution is 2.50. The number of anilines is 2. The fourth-order valence-electron chi connectivity index (χ4n) is 7.82. The third kappa shape index (κ3) is 6.44. The zero-order valence-corrected chi connectivity index (χ0v) is 29.4. The van der Waals surface area contributed by atoms with Gasteiger partial charge in [-0.3, -0.25) is 25.0 Å². The molecule has 5 aromatic carbocycles. The van der Waals surface area contributed by atoms with Crippen molar-refractivity contribution in [1.29, 1.82) is 0 Å². The molecule has 1 N–H and O–H groups in total. The summed E-state index contributed by atoms with van der Waals surface area (Å²) in [4.78, 5) is 55.9. The third-order valence-corrected chi connectivity index (χ3v) is 10.4. The number of carbonyl (C=O) groups excluding carboxylic acids is 3. The molecule has 5 aromatic rings. The standard InChI is InChI=1S/C43H36N4O7/c1-53-33-16-15-30(39(25-33)54-26-27-9-8-14-31(21-27)47(51)52)22-38-41(48)44-43(50)46(42(38)49)32-23-36-34(28-10-4-2-5-11-28)17-19-45-20-18-35(37(24-32)40(36)45)29-12-6-3-7-13-29/h2-16,21-25,34-35H,17-20,26H2,1H3,(H,44,48,50)/b38-22+/t34-,35-/m0/s1. The van der Waals surface area contributed by atoms with Gasteiger partial charge in [0.25, 0.3) is 17.5 Å². The Hall–Kier alpha value is -6.75. The van der Waals surface area contributed by atoms with Gasteiger partial charge in [-0.15, -0.1) is 0 Å². The zero-order chi connectivity index (χ0) is 37.3. The highest BCUT2D eigenvalue weighted by atomic mass is 16.6. The van der Waals surface area contributed by atoms with Gasteiger partial charge in [0.15, 0.2) is 0 Å². The fourth-order valence-corrected chi connectivity index (χ4v) is 7.82. The number of ether oxygens (including phenoxy) is 2. The van der Waals surface area contributed by atoms with Gasteiger partial charge < -0.3 is 14.4 Å². The summed E-state index contributed by atoms with van der Waals surface area (Å²) in [6.07, 6.45) is 3.13. The van der Waals surface area contributed by atoms with Gasteiger partial charge >= 0.3 is 6.03 Å². The van der Waals surface area contributed by atoms with Gasteiger partial charge in [-0.1, -0.05) is 72.8 Å². The van der Waals surface area contributed by atoms with Crippen LogP contribution in [0.2, 0.25) is 0 Å². The van der Waals surface area contributed by atoms with Crippen LogP contribution in [0.1, 0.15) is 58.1 Å². The second-order valence-electron chi connectivity index (χ2n) is 13.5. The number of nitrogens with one attached hydrogen (secondary N) is 1. The van der Waals surface area contributed by atoms with E-state index in [0.717, 1.165) is 58.8 Å². The SMILES string of the molecule is COc1ccc(/C=C2\C(=O)NC(=O)N(c3cc4c5c(c3)[C@H](c3ccccc3)CCN5CC[C@H]4c3ccccc3)C2=O)c(OCc2cccc([N+](=O)[O-])c2)c1. The van der Waals surface area contributed by atoms with Gasteiger partial charge in [-0.05, 0) is 71.0 Å². The monoisotopic (exact) mass is 720 g/mol. The van der Waals surface area contributed by atoms with Gasteiger partial charge in [0.1, 0.15) is 23.7 Å². The first-order valence-corrected chi connectivity index (χ1v) is 17.8. The molecule has 3 aliphatic heterocycles. The molecule has 3 heterocycles. The number of hydrogen-bond donors (Lipinski definition) is 1. The van der Waals surface area contributed by atoms with Crippen LogP contribution in [0.25, 0.3) is 6.08 Å². The van der Waals surface area contributed by atoms with Crippen molar-refractivity contribution in [3.05, 3.63) is 164 Å². The van der Waals surface area contributed by atoms with Gasteiger partial charge in [-0.25, -0.2) is 9.69 Å². The van der Waals surface area contributed by atoms with E-state index in [2.05, 4.69) is 34.5 Å². The molecule has 54 heavy (non-hydrogen) atoms. The van der Waals surface area contributed by atoms with Crippen LogP contribution in [-0.2, 0) is 16.2 Å². The van der Waals surface area contributed by atoms with Crippen molar-refractivity contribution in [2.24, 2.45) is 0 Å². The number of urea groups is 1. The van der Waals surface area contributed by atoms with Gasteiger partial charge in [-0.2, -0.15) is 0 Å². The van der Waals surface area contributed by atoms with E-state index in [1.165, 1.54) is 25.3 Å². The van der Waals surface area contributed by atoms with Crippen molar-refractivity contribution in [1.82, 2.24) is 5.32 Å². The van der Waals surface area contributed by atoms with Crippen LogP contribution in [0.15, 0.2) is 121 Å². The first-order chi connectivity index (χ1) is 26.3. The third-order valence-electron chi connectivity index (χ3n) is 10.4. The summed E-state index contributed by atoms with van der Waals surface area (Å²) in [5, 5.41) is 13.7. The quantitative estimate of drug-likeness (QED) is 0.0709. The Kier molecular flexibility index (Phi) is 9.12. The molecule has 11 heteroatoms. The van der Waals surface area contributed by atoms with Crippen LogP contribution >= 0.6 is 0 Å². The number of nitro benzene ring substituents is 1. The Labute approximate surface area is 311 Å². The Morgan fingerprint density at radius 3 is 2.07 bits per heavy atom. The predicted octanol–water partition coefficient (Wildman–Crippen LogP) is 7.73. The fraction of sp³-hybridized carbons (Fsp3) is 0.186. The number of nitro groups is 1. The molecule has 11 nitrogen and oxygen atoms in total. The number of methoxy groups -OCH3 is 1. The molecular weight excluding hydrogens is 684 g/mol. The summed E-state index contributed by atoms with van der Waals surface area (Å²) in [6.45, 7) is 1.74. The molecule has 0 spiro atoms. The lowest BCUT2D eigenvalue weighted by atomic mass is 9.76. The van der Waals surface area contributed by atoms with E-state index in [0.29, 0.717) is 22.6 Å². The number of rotatable bonds is 9. The Bertz CT molecular complexity index is 2250. The first kappa shape index (κ1) is 34.3. The minimum Gasteiger partial charge on any atom is -0.497 e. The lowest BCUT2D eigenvalue weighted by Gasteiger charge is -2.44. The van der Waals surface area contributed by atoms with Crippen LogP contribution in [0.4, 0.5) is 21.9 Å². The molecule has 0 bridgehead atoms. The molecule has 2 atom stereocenters. The molecule has 1 fully saturated rings. The van der Waals surface area contributed by atoms with E-state index in [9.17, 15) is 24.5 Å². The van der Waals surface area contributed by atoms with Crippen LogP contribution in [0.3, 0.4) is 0 Å². The maximum absolute atomic E-state index is 14.5. The summed E-state index contributed by atoms with van der Waals surface area (Å²) in [5.41, 5.74) is 6.49. The number of non-ortho nitro benzene ring substituents is 1. The average molecular weight is 721 g/mol. The molecule has 0 unspecified atom stereocenters. The normalized spacial score (nSPS) is 18.6. The van der Waals surface area contributed by atoms with Crippen molar-refractivity contribution >= 4 is 41.0 Å². The van der Waals surface area contributed by atoms with Crippen LogP contribution < -0.4 is 24.6 Å². The molecule has 8 rings (SSSR count). The second-order valence-corrected chi connectivity index (χ2v) is 13.5. The van der Waals surface area contributed by atoms with Crippen molar-refractivity contribution in [2.75, 3.05) is 30.0 Å². The van der Waals surface area contributed by atoms with E-state index in [1.54, 1.807) is 30.3 Å². The topological polar surface area (TPSA) is 131 Å². The van der Waals surface area contributed by atoms with Crippen LogP contribution in [-0.4, -0.2) is 43.0 Å². The number of imide groups is 2. The molecule has 3 aliphatic rings. The number of nitrogens with zero attached hydrogens (tertiary/aromatic N) is 3. The largest absolute Gasteiger partial charge is 0.497 e. The summed E-state index contributed by atoms with van der Waals surface area (Å²) in [6, 6.07) is 34.5. The highest BCUT2D eigenvalue weighted by molar-refractivity contribution is 6.39. The Balaban J connectivity index is 1.20. The van der Waals surface area contributed by atoms with Crippen LogP contribution in [0, 0.1) is 10.1 Å². The lowest BCUT2D eigenvalue weighted by molar-refractivity contribution is -0.384. The average Bonchev–Trinajstić information content (AvgIpc) is 3.19. The zero-order valence-electron chi connectivity index (χ0n) is 29.4. The minimum absolute atomic E-state index is 0.0319. The molecule has 4 amide bonds. The molecular formula is C43H36N4O7. The summed E-state index contributed by atoms with van der Waals surface area (Å²) < 4.78 is 11.5. The first-order valence-electron chi connectivity index (χ1n) is 17.8. The maximum Gasteiger partial charge on any atom is 0.335 e. The van der Waals surface area contributed by atoms with Crippen molar-refractivity contribution in [2.45, 2.75) is 31.3 Å². The number of carbonyl (C=O) groups is 3. The van der Waals surface area contributed by atoms with Gasteiger partial charge in [0.2, 0.25) is 0 Å². The van der Waals surface area contributed by atoms with Crippen molar-refractivity contribution in [3.8, 4) is 11.5 Å². The van der Waals surface area contributed by atoms with E-state index < -0.39 is 22.8 Å². The van der Waals surface area contributed by atoms with Gasteiger partial charge in [0.05, 0.1) is 17.7 Å². The molecule has 0 radical (unpaired) electrons. The Morgan fingerprint density at radius 1 is 0.815 bits per heavy atom. The molecule has 0 saturated carbocycles. The molecule has 1 saturated heterocycles. The smallest absolute Gasteiger partial charge is 0.335 e. The lowest BCUT2D eigenvalue weighted by Crippen LogP contribution is -2.54. The van der Waals surface area contributed by atoms with E-state index >= 15 is 0 Å². The van der Waals surface area contributed by atoms with E-state index in [-0.39, 0.29) is 35.5 Å². The number of benzene rings is 5. The van der Waals surface area contributed by atoms with E-state index in [4.69, 9.17) is 9.47 Å². The predicted molar refractivity (Wildman–Crippen MR) is 204 cm³/mol. The Morgan fingerprint density at radius 2 is 1.46 bits per heavy atom. The molecule has 270 valence electrons. The van der Waals surface area contributed by atoms with E-state index in [1.807, 2.05) is 48.5 Å². The van der Waals surface area contributed by atoms with Crippen molar-refractivity contribution < 1.29 is 28.8 Å². The second kappa shape index (κ2) is 14.3. The minimum atomic E-state index is -0.837. The molecule has 0 aliphatic carbocycles. The maximum atomic E-state index is 14.5. The number of amides is 4. The summed E-state index contributed by atoms with van der Waals surface area (Å²) in [5.74, 6) is -0.804. The number of barbiturate groups is 1. The van der Waals surface area contributed by atoms with Gasteiger partial charge in [0, 0.05) is 54.4 Å². The van der Waals surface area contributed by atoms with Crippen molar-refractivity contribution in [3.63, 3.8) is 0 Å². The highest BCUT2D eigenvalue weighted by Gasteiger charge is 2.40. The summed E-state index contributed by atoms with van der Waals surface area (Å²) >= 11 is 0. The molecule has 0 aromatic heterocycles. The number of hydrogen-bond acceptors (Lipinski definition) is 8. The van der Waals surface area contributed by atoms with Crippen LogP contribution in [0.5, 0.6) is 11.5 Å².